The first-order valence-corrected chi connectivity index (χ1v) is 42.9. The number of hydrogen-bond donors (Lipinski definition) is 1. The molecule has 4 fully saturated rings. The minimum atomic E-state index is -2.77. The average Bonchev–Trinajstić information content (AvgIpc) is 0.795. The van der Waals surface area contributed by atoms with Gasteiger partial charge in [0.1, 0.15) is 43.7 Å². The largest absolute Gasteiger partial charge is 0.463 e. The maximum Gasteiger partial charge on any atom is 0.338 e. The van der Waals surface area contributed by atoms with E-state index >= 15 is 24.0 Å². The number of alkyl halides is 3. The van der Waals surface area contributed by atoms with Crippen LogP contribution in [0.25, 0.3) is 0 Å². The molecule has 9 aromatic rings. The van der Waals surface area contributed by atoms with Gasteiger partial charge in [0, 0.05) is 27.7 Å². The van der Waals surface area contributed by atoms with E-state index < -0.39 is 237 Å². The third kappa shape index (κ3) is 26.4. The average molecular weight is 1920 g/mol. The summed E-state index contributed by atoms with van der Waals surface area (Å²) in [7, 11) is 0. The number of carbonyl (C=O) groups is 13. The number of carbonyl (C=O) groups excluding carboxylic acids is 13. The molecule has 0 radical (unpaired) electrons. The van der Waals surface area contributed by atoms with E-state index in [4.69, 9.17) is 140 Å². The van der Waals surface area contributed by atoms with Gasteiger partial charge in [-0.3, -0.25) is 24.6 Å². The minimum absolute atomic E-state index is 0.0252. The monoisotopic (exact) mass is 1910 g/mol. The molecule has 4 heterocycles. The summed E-state index contributed by atoms with van der Waals surface area (Å²) in [5.74, 6) is -16.0. The minimum Gasteiger partial charge on any atom is -0.463 e. The van der Waals surface area contributed by atoms with Crippen LogP contribution >= 0.6 is 34.8 Å². The van der Waals surface area contributed by atoms with Crippen molar-refractivity contribution in [3.8, 4) is 0 Å². The SMILES string of the molecule is CC(=O)OC[C@H]1O[C@H](OC[C@H]2O[C@@H](OC[C@H]3O[C@H](OC(=N)C(Cl)(Cl)Cl)[C@H](OC(=O)c4ccccc4)[C@@H](OC(=O)c4ccccc4)[C@H]3OC(=O)c3ccccc3)[C@H](OC(=O)c3ccccc3)[C@@H](OC(=O)c3ccccc3)[C@H]2O[C@H]2O[C@H](COC(=O)c3ccccc3)[C@@H](OC(=O)c3ccccc3)[C@H](OC(=O)c3ccccc3)[C@@H]2OC(=O)c2ccccc2)[C@H](OC(C)=O)[C@@H](OC(C)=O)[C@H]1OC(C)=O. The number of esters is 13. The normalized spacial score (nSPS) is 24.6. The van der Waals surface area contributed by atoms with Crippen LogP contribution in [0.1, 0.15) is 121 Å². The van der Waals surface area contributed by atoms with E-state index in [1.165, 1.54) is 218 Å². The zero-order chi connectivity index (χ0) is 95.8. The molecule has 0 spiro atoms. The summed E-state index contributed by atoms with van der Waals surface area (Å²) in [4.78, 5) is 189. The molecule has 35 nitrogen and oxygen atoms in total. The van der Waals surface area contributed by atoms with Crippen molar-refractivity contribution in [2.75, 3.05) is 26.4 Å². The Balaban J connectivity index is 1.03. The Bertz CT molecular complexity index is 5610. The summed E-state index contributed by atoms with van der Waals surface area (Å²) in [6, 6.07) is 65.0. The number of halogens is 3. The highest BCUT2D eigenvalue weighted by Gasteiger charge is 2.62. The molecule has 4 saturated heterocycles. The van der Waals surface area contributed by atoms with Crippen molar-refractivity contribution in [3.63, 3.8) is 0 Å². The van der Waals surface area contributed by atoms with Gasteiger partial charge in [-0.1, -0.05) is 199 Å². The topological polar surface area (TPSA) is 440 Å². The molecule has 0 bridgehead atoms. The van der Waals surface area contributed by atoms with Crippen LogP contribution in [-0.2, 0) is 119 Å². The molecule has 4 aliphatic heterocycles. The highest BCUT2D eigenvalue weighted by atomic mass is 35.6. The van der Waals surface area contributed by atoms with E-state index in [2.05, 4.69) is 0 Å². The first-order chi connectivity index (χ1) is 65.0. The number of rotatable bonds is 33. The Morgan fingerprint density at radius 1 is 0.237 bits per heavy atom. The van der Waals surface area contributed by atoms with Crippen LogP contribution in [0, 0.1) is 5.41 Å². The summed E-state index contributed by atoms with van der Waals surface area (Å²) in [5, 5.41) is 9.01. The predicted octanol–water partition coefficient (Wildman–Crippen LogP) is 11.7. The molecule has 13 rings (SSSR count). The second kappa shape index (κ2) is 46.7. The molecule has 0 aromatic heterocycles. The van der Waals surface area contributed by atoms with Gasteiger partial charge in [0.2, 0.25) is 18.3 Å². The standard InChI is InChI=1S/C97H86Cl3NO34/c1-54(102)115-50-67-71(119-55(2)103)75(120-56(3)104)79(121-57(4)105)92(122-67)117-53-70-74(134-94-81(132-90(113)65-46-28-12-29-47-65)76(128-86(109)61-38-20-8-21-39-61)72(126-84(107)59-34-16-6-17-35-59)68(124-94)51-116-83(106)58-32-14-5-15-33-58)78(130-88(111)63-42-24-10-25-43-63)80(131-89(112)64-44-26-11-27-45-64)93(123-70)118-52-69-73(127-85(108)60-36-18-7-19-37-60)77(129-87(110)62-40-22-9-23-41-62)82(95(125-69)135-96(101)97(98,99)100)133-91(114)66-48-30-13-31-49-66/h5-49,67-82,92-95,101H,50-53H2,1-4H3/t67-,68-,69-,70-,71+,72-,73+,74+,75+,76+,77+,78+,79-,80-,81+,82-,92+,93-,94-,95-/m1/s1. The van der Waals surface area contributed by atoms with Gasteiger partial charge in [0.15, 0.2) is 79.9 Å². The van der Waals surface area contributed by atoms with E-state index in [-0.39, 0.29) is 50.1 Å². The summed E-state index contributed by atoms with van der Waals surface area (Å²) in [5.41, 5.74) is -1.39. The summed E-state index contributed by atoms with van der Waals surface area (Å²) in [6.45, 7) is -0.345. The Kier molecular flexibility index (Phi) is 34.1. The van der Waals surface area contributed by atoms with Crippen molar-refractivity contribution in [2.24, 2.45) is 0 Å². The number of ether oxygens (including phenoxy) is 21. The van der Waals surface area contributed by atoms with Crippen molar-refractivity contribution in [3.05, 3.63) is 323 Å². The smallest absolute Gasteiger partial charge is 0.338 e. The van der Waals surface area contributed by atoms with Gasteiger partial charge in [-0.25, -0.2) is 43.2 Å². The second-order valence-corrected chi connectivity index (χ2v) is 32.5. The number of nitrogens with one attached hydrogen (secondary N) is 1. The van der Waals surface area contributed by atoms with E-state index in [1.54, 1.807) is 54.6 Å². The van der Waals surface area contributed by atoms with E-state index in [1.807, 2.05) is 0 Å². The molecular weight excluding hydrogens is 1830 g/mol. The highest BCUT2D eigenvalue weighted by molar-refractivity contribution is 6.76. The van der Waals surface area contributed by atoms with Crippen LogP contribution in [0.2, 0.25) is 0 Å². The first kappa shape index (κ1) is 98.6. The molecule has 0 saturated carbocycles. The lowest BCUT2D eigenvalue weighted by atomic mass is 9.95. The third-order valence-corrected chi connectivity index (χ3v) is 21.3. The molecule has 1 N–H and O–H groups in total. The molecule has 704 valence electrons. The van der Waals surface area contributed by atoms with Crippen molar-refractivity contribution >= 4 is 118 Å². The van der Waals surface area contributed by atoms with Crippen molar-refractivity contribution < 1.29 is 162 Å². The summed E-state index contributed by atoms with van der Waals surface area (Å²) in [6.07, 6.45) is -43.7. The van der Waals surface area contributed by atoms with Gasteiger partial charge in [-0.15, -0.1) is 0 Å². The van der Waals surface area contributed by atoms with Crippen LogP contribution in [0.5, 0.6) is 0 Å². The molecule has 0 amide bonds. The number of benzene rings is 9. The molecule has 135 heavy (non-hydrogen) atoms. The van der Waals surface area contributed by atoms with Gasteiger partial charge in [0.05, 0.1) is 63.3 Å². The maximum atomic E-state index is 15.8. The Morgan fingerprint density at radius 3 is 0.748 bits per heavy atom. The maximum absolute atomic E-state index is 15.8. The fraction of sp³-hybridized carbons (Fsp3) is 0.299. The van der Waals surface area contributed by atoms with Crippen LogP contribution in [0.4, 0.5) is 0 Å². The van der Waals surface area contributed by atoms with E-state index in [9.17, 15) is 38.4 Å². The van der Waals surface area contributed by atoms with Crippen molar-refractivity contribution in [2.45, 2.75) is 154 Å². The van der Waals surface area contributed by atoms with Crippen LogP contribution in [-0.4, -0.2) is 237 Å². The van der Waals surface area contributed by atoms with Gasteiger partial charge in [-0.2, -0.15) is 0 Å². The fourth-order valence-electron chi connectivity index (χ4n) is 14.6. The lowest BCUT2D eigenvalue weighted by Crippen LogP contribution is -2.68. The Labute approximate surface area is 785 Å². The van der Waals surface area contributed by atoms with Crippen LogP contribution in [0.3, 0.4) is 0 Å². The Morgan fingerprint density at radius 2 is 0.444 bits per heavy atom. The molecule has 38 heteroatoms. The molecule has 4 aliphatic rings. The quantitative estimate of drug-likeness (QED) is 0.0131. The molecule has 0 unspecified atom stereocenters. The zero-order valence-electron chi connectivity index (χ0n) is 71.9. The second-order valence-electron chi connectivity index (χ2n) is 30.3. The molecule has 9 aromatic carbocycles. The highest BCUT2D eigenvalue weighted by Crippen LogP contribution is 2.42. The first-order valence-electron chi connectivity index (χ1n) is 41.8. The van der Waals surface area contributed by atoms with Crippen LogP contribution in [0.15, 0.2) is 273 Å². The fourth-order valence-corrected chi connectivity index (χ4v) is 14.7. The lowest BCUT2D eigenvalue weighted by molar-refractivity contribution is -0.368. The molecular formula is C97H86Cl3NO34. The van der Waals surface area contributed by atoms with Gasteiger partial charge < -0.3 is 99.5 Å². The van der Waals surface area contributed by atoms with Gasteiger partial charge >= 0.3 is 77.6 Å². The van der Waals surface area contributed by atoms with Crippen LogP contribution < -0.4 is 0 Å². The molecule has 20 atom stereocenters. The zero-order valence-corrected chi connectivity index (χ0v) is 74.1. The lowest BCUT2D eigenvalue weighted by Gasteiger charge is -2.49. The third-order valence-electron chi connectivity index (χ3n) is 20.8. The van der Waals surface area contributed by atoms with Gasteiger partial charge in [0.25, 0.3) is 3.79 Å². The summed E-state index contributed by atoms with van der Waals surface area (Å²) >= 11 is 19.0. The van der Waals surface area contributed by atoms with E-state index in [0.717, 1.165) is 27.7 Å². The van der Waals surface area contributed by atoms with E-state index in [0.29, 0.717) is 0 Å². The number of hydrogen-bond acceptors (Lipinski definition) is 35. The predicted molar refractivity (Wildman–Crippen MR) is 466 cm³/mol. The molecule has 0 aliphatic carbocycles. The summed E-state index contributed by atoms with van der Waals surface area (Å²) < 4.78 is 132. The van der Waals surface area contributed by atoms with Crippen molar-refractivity contribution in [1.29, 1.82) is 5.41 Å². The Hall–Kier alpha value is -13.9. The van der Waals surface area contributed by atoms with Crippen molar-refractivity contribution in [1.82, 2.24) is 0 Å². The van der Waals surface area contributed by atoms with Gasteiger partial charge in [-0.05, 0) is 109 Å².